The van der Waals surface area contributed by atoms with Gasteiger partial charge in [-0.2, -0.15) is 0 Å². The van der Waals surface area contributed by atoms with Gasteiger partial charge in [0.05, 0.1) is 6.61 Å². The zero-order valence-electron chi connectivity index (χ0n) is 8.63. The molecule has 0 aliphatic carbocycles. The molecule has 1 atom stereocenters. The van der Waals surface area contributed by atoms with E-state index in [2.05, 4.69) is 0 Å². The summed E-state index contributed by atoms with van der Waals surface area (Å²) < 4.78 is 4.74. The minimum absolute atomic E-state index is 0.0136. The van der Waals surface area contributed by atoms with Gasteiger partial charge in [0.2, 0.25) is 0 Å². The Balaban J connectivity index is 3.87. The molecule has 0 aromatic heterocycles. The topological polar surface area (TPSA) is 43.4 Å². The fourth-order valence-electron chi connectivity index (χ4n) is 0.966. The number of carbonyl (C=O) groups excluding carboxylic acids is 2. The van der Waals surface area contributed by atoms with E-state index in [9.17, 15) is 9.59 Å². The highest BCUT2D eigenvalue weighted by Gasteiger charge is 2.21. The van der Waals surface area contributed by atoms with Crippen LogP contribution in [0.2, 0.25) is 0 Å². The van der Waals surface area contributed by atoms with Crippen molar-refractivity contribution in [3.8, 4) is 0 Å². The second kappa shape index (κ2) is 6.63. The van der Waals surface area contributed by atoms with Gasteiger partial charge in [-0.1, -0.05) is 13.3 Å². The molecular formula is C10H18O3. The number of carbonyl (C=O) groups is 2. The number of hydrogen-bond acceptors (Lipinski definition) is 3. The fraction of sp³-hybridized carbons (Fsp3) is 0.800. The first-order valence-electron chi connectivity index (χ1n) is 4.82. The molecule has 0 saturated carbocycles. The molecule has 3 nitrogen and oxygen atoms in total. The molecule has 0 N–H and O–H groups in total. The van der Waals surface area contributed by atoms with E-state index in [4.69, 9.17) is 4.74 Å². The molecule has 3 heteroatoms. The molecule has 0 heterocycles. The minimum Gasteiger partial charge on any atom is -0.465 e. The predicted octanol–water partition coefficient (Wildman–Crippen LogP) is 1.94. The summed E-state index contributed by atoms with van der Waals surface area (Å²) in [5.41, 5.74) is 0. The first-order chi connectivity index (χ1) is 6.13. The predicted molar refractivity (Wildman–Crippen MR) is 50.3 cm³/mol. The average Bonchev–Trinajstić information content (AvgIpc) is 2.13. The molecule has 0 spiro atoms. The lowest BCUT2D eigenvalue weighted by Crippen LogP contribution is -2.23. The van der Waals surface area contributed by atoms with E-state index >= 15 is 0 Å². The summed E-state index contributed by atoms with van der Waals surface area (Å²) in [6.07, 6.45) is 2.31. The average molecular weight is 186 g/mol. The van der Waals surface area contributed by atoms with Crippen molar-refractivity contribution in [2.24, 2.45) is 5.92 Å². The van der Waals surface area contributed by atoms with Crippen molar-refractivity contribution in [3.05, 3.63) is 0 Å². The normalized spacial score (nSPS) is 12.2. The van der Waals surface area contributed by atoms with Crippen molar-refractivity contribution in [1.82, 2.24) is 0 Å². The quantitative estimate of drug-likeness (QED) is 0.470. The van der Waals surface area contributed by atoms with Crippen LogP contribution in [0.3, 0.4) is 0 Å². The maximum Gasteiger partial charge on any atom is 0.316 e. The number of Topliss-reactive ketones (excluding diaryl/α,β-unsaturated/α-hetero) is 1. The van der Waals surface area contributed by atoms with E-state index in [1.54, 1.807) is 13.8 Å². The van der Waals surface area contributed by atoms with Gasteiger partial charge >= 0.3 is 5.97 Å². The number of ether oxygens (including phenoxy) is 1. The van der Waals surface area contributed by atoms with Crippen LogP contribution in [0, 0.1) is 5.92 Å². The summed E-state index contributed by atoms with van der Waals surface area (Å²) in [4.78, 5) is 22.4. The monoisotopic (exact) mass is 186 g/mol. The van der Waals surface area contributed by atoms with Gasteiger partial charge in [-0.05, 0) is 20.3 Å². The number of unbranched alkanes of at least 4 members (excludes halogenated alkanes) is 1. The Bertz CT molecular complexity index is 175. The van der Waals surface area contributed by atoms with Crippen molar-refractivity contribution >= 4 is 11.8 Å². The van der Waals surface area contributed by atoms with Crippen LogP contribution in [0.5, 0.6) is 0 Å². The molecule has 1 unspecified atom stereocenters. The number of ketones is 1. The third kappa shape index (κ3) is 4.65. The summed E-state index contributed by atoms with van der Waals surface area (Å²) in [6, 6.07) is 0. The van der Waals surface area contributed by atoms with Crippen LogP contribution < -0.4 is 0 Å². The van der Waals surface area contributed by atoms with Gasteiger partial charge in [0.15, 0.2) is 0 Å². The third-order valence-electron chi connectivity index (χ3n) is 1.90. The Morgan fingerprint density at radius 1 is 1.31 bits per heavy atom. The zero-order valence-corrected chi connectivity index (χ0v) is 8.63. The van der Waals surface area contributed by atoms with E-state index in [0.717, 1.165) is 12.8 Å². The van der Waals surface area contributed by atoms with Crippen molar-refractivity contribution in [3.63, 3.8) is 0 Å². The van der Waals surface area contributed by atoms with Gasteiger partial charge in [-0.15, -0.1) is 0 Å². The van der Waals surface area contributed by atoms with Gasteiger partial charge < -0.3 is 4.74 Å². The molecule has 13 heavy (non-hydrogen) atoms. The van der Waals surface area contributed by atoms with Gasteiger partial charge in [0, 0.05) is 6.42 Å². The van der Waals surface area contributed by atoms with E-state index in [1.807, 2.05) is 6.92 Å². The summed E-state index contributed by atoms with van der Waals surface area (Å²) in [6.45, 7) is 5.70. The van der Waals surface area contributed by atoms with E-state index in [0.29, 0.717) is 13.0 Å². The number of rotatable bonds is 6. The van der Waals surface area contributed by atoms with Crippen molar-refractivity contribution in [1.29, 1.82) is 0 Å². The highest BCUT2D eigenvalue weighted by atomic mass is 16.5. The Morgan fingerprint density at radius 3 is 2.38 bits per heavy atom. The number of hydrogen-bond donors (Lipinski definition) is 0. The second-order valence-electron chi connectivity index (χ2n) is 3.04. The molecule has 0 aromatic rings. The summed E-state index contributed by atoms with van der Waals surface area (Å²) in [5, 5.41) is 0. The van der Waals surface area contributed by atoms with Crippen LogP contribution in [0.25, 0.3) is 0 Å². The fourth-order valence-corrected chi connectivity index (χ4v) is 0.966. The van der Waals surface area contributed by atoms with Crippen molar-refractivity contribution < 1.29 is 14.3 Å². The summed E-state index contributed by atoms with van der Waals surface area (Å²) in [5.74, 6) is -1.00. The molecule has 0 aliphatic rings. The first kappa shape index (κ1) is 12.1. The Labute approximate surface area is 79.5 Å². The molecule has 0 saturated heterocycles. The second-order valence-corrected chi connectivity index (χ2v) is 3.04. The summed E-state index contributed by atoms with van der Waals surface area (Å²) >= 11 is 0. The maximum absolute atomic E-state index is 11.3. The standard InChI is InChI=1S/C10H18O3/c1-4-6-7-9(11)8(3)10(12)13-5-2/h8H,4-7H2,1-3H3. The Hall–Kier alpha value is -0.860. The van der Waals surface area contributed by atoms with Crippen molar-refractivity contribution in [2.45, 2.75) is 40.0 Å². The SMILES string of the molecule is CCCCC(=O)C(C)C(=O)OCC. The molecule has 0 amide bonds. The highest BCUT2D eigenvalue weighted by Crippen LogP contribution is 2.06. The number of esters is 1. The minimum atomic E-state index is -0.591. The third-order valence-corrected chi connectivity index (χ3v) is 1.90. The van der Waals surface area contributed by atoms with Crippen LogP contribution in [0.15, 0.2) is 0 Å². The van der Waals surface area contributed by atoms with E-state index in [1.165, 1.54) is 0 Å². The molecule has 0 bridgehead atoms. The van der Waals surface area contributed by atoms with Crippen LogP contribution in [0.1, 0.15) is 40.0 Å². The van der Waals surface area contributed by atoms with E-state index < -0.39 is 11.9 Å². The van der Waals surface area contributed by atoms with Crippen LogP contribution in [-0.4, -0.2) is 18.4 Å². The lowest BCUT2D eigenvalue weighted by atomic mass is 10.0. The lowest BCUT2D eigenvalue weighted by Gasteiger charge is -2.08. The van der Waals surface area contributed by atoms with Gasteiger partial charge in [0.1, 0.15) is 11.7 Å². The smallest absolute Gasteiger partial charge is 0.316 e. The first-order valence-corrected chi connectivity index (χ1v) is 4.82. The van der Waals surface area contributed by atoms with Crippen LogP contribution in [-0.2, 0) is 14.3 Å². The summed E-state index contributed by atoms with van der Waals surface area (Å²) in [7, 11) is 0. The van der Waals surface area contributed by atoms with Crippen LogP contribution >= 0.6 is 0 Å². The molecule has 0 fully saturated rings. The lowest BCUT2D eigenvalue weighted by molar-refractivity contribution is -0.150. The van der Waals surface area contributed by atoms with Gasteiger partial charge in [0.25, 0.3) is 0 Å². The Kier molecular flexibility index (Phi) is 6.20. The maximum atomic E-state index is 11.3. The largest absolute Gasteiger partial charge is 0.465 e. The molecule has 0 aromatic carbocycles. The molecule has 0 radical (unpaired) electrons. The molecule has 76 valence electrons. The zero-order chi connectivity index (χ0) is 10.3. The van der Waals surface area contributed by atoms with Crippen LogP contribution in [0.4, 0.5) is 0 Å². The Morgan fingerprint density at radius 2 is 1.92 bits per heavy atom. The van der Waals surface area contributed by atoms with E-state index in [-0.39, 0.29) is 5.78 Å². The van der Waals surface area contributed by atoms with Crippen molar-refractivity contribution in [2.75, 3.05) is 6.61 Å². The van der Waals surface area contributed by atoms with Gasteiger partial charge in [-0.25, -0.2) is 0 Å². The highest BCUT2D eigenvalue weighted by molar-refractivity contribution is 5.98. The molecule has 0 aliphatic heterocycles. The van der Waals surface area contributed by atoms with Gasteiger partial charge in [-0.3, -0.25) is 9.59 Å². The molecular weight excluding hydrogens is 168 g/mol. The molecule has 0 rings (SSSR count).